The fraction of sp³-hybridized carbons (Fsp3) is 0.364. The van der Waals surface area contributed by atoms with Crippen LogP contribution in [-0.4, -0.2) is 31.7 Å². The second-order valence-corrected chi connectivity index (χ2v) is 3.87. The SMILES string of the molecule is COc1ccc(COCC(=O)N(C)N)cc1Cl. The first kappa shape index (κ1) is 13.8. The van der Waals surface area contributed by atoms with Gasteiger partial charge in [0.25, 0.3) is 5.91 Å². The number of methoxy groups -OCH3 is 1. The molecule has 2 N–H and O–H groups in total. The van der Waals surface area contributed by atoms with Gasteiger partial charge in [0, 0.05) is 7.05 Å². The molecule has 0 unspecified atom stereocenters. The van der Waals surface area contributed by atoms with Gasteiger partial charge in [-0.25, -0.2) is 5.84 Å². The molecule has 0 aliphatic rings. The van der Waals surface area contributed by atoms with E-state index in [1.165, 1.54) is 7.05 Å². The van der Waals surface area contributed by atoms with E-state index in [2.05, 4.69) is 0 Å². The van der Waals surface area contributed by atoms with Crippen molar-refractivity contribution in [2.45, 2.75) is 6.61 Å². The lowest BCUT2D eigenvalue weighted by atomic mass is 10.2. The lowest BCUT2D eigenvalue weighted by Gasteiger charge is -2.10. The number of nitrogens with two attached hydrogens (primary N) is 1. The molecular weight excluding hydrogens is 244 g/mol. The molecule has 0 atom stereocenters. The third-order valence-corrected chi connectivity index (χ3v) is 2.40. The first-order valence-corrected chi connectivity index (χ1v) is 5.33. The van der Waals surface area contributed by atoms with Gasteiger partial charge in [0.1, 0.15) is 12.4 Å². The molecule has 0 fully saturated rings. The van der Waals surface area contributed by atoms with E-state index in [4.69, 9.17) is 26.9 Å². The minimum absolute atomic E-state index is 0.0589. The van der Waals surface area contributed by atoms with Gasteiger partial charge >= 0.3 is 0 Å². The summed E-state index contributed by atoms with van der Waals surface area (Å²) in [5, 5.41) is 1.50. The van der Waals surface area contributed by atoms with Gasteiger partial charge in [-0.2, -0.15) is 0 Å². The van der Waals surface area contributed by atoms with Gasteiger partial charge in [0.05, 0.1) is 18.7 Å². The summed E-state index contributed by atoms with van der Waals surface area (Å²) in [7, 11) is 3.02. The first-order valence-electron chi connectivity index (χ1n) is 4.96. The number of carbonyl (C=O) groups excluding carboxylic acids is 1. The van der Waals surface area contributed by atoms with Crippen LogP contribution in [0.3, 0.4) is 0 Å². The fourth-order valence-electron chi connectivity index (χ4n) is 1.16. The van der Waals surface area contributed by atoms with Crippen LogP contribution in [0.5, 0.6) is 5.75 Å². The zero-order chi connectivity index (χ0) is 12.8. The van der Waals surface area contributed by atoms with Crippen LogP contribution >= 0.6 is 11.6 Å². The summed E-state index contributed by atoms with van der Waals surface area (Å²) in [5.41, 5.74) is 0.864. The van der Waals surface area contributed by atoms with Crippen molar-refractivity contribution in [1.29, 1.82) is 0 Å². The number of hydrogen-bond donors (Lipinski definition) is 1. The van der Waals surface area contributed by atoms with Gasteiger partial charge in [-0.3, -0.25) is 9.80 Å². The van der Waals surface area contributed by atoms with Crippen molar-refractivity contribution in [1.82, 2.24) is 5.01 Å². The number of hydrazine groups is 1. The van der Waals surface area contributed by atoms with Crippen LogP contribution < -0.4 is 10.6 Å². The number of nitrogens with zero attached hydrogens (tertiary/aromatic N) is 1. The molecule has 5 nitrogen and oxygen atoms in total. The minimum Gasteiger partial charge on any atom is -0.495 e. The van der Waals surface area contributed by atoms with Crippen LogP contribution in [0, 0.1) is 0 Å². The summed E-state index contributed by atoms with van der Waals surface area (Å²) < 4.78 is 10.2. The second-order valence-electron chi connectivity index (χ2n) is 3.47. The number of benzene rings is 1. The van der Waals surface area contributed by atoms with Crippen molar-refractivity contribution >= 4 is 17.5 Å². The molecule has 0 bridgehead atoms. The Morgan fingerprint density at radius 2 is 2.24 bits per heavy atom. The van der Waals surface area contributed by atoms with E-state index in [1.807, 2.05) is 6.07 Å². The van der Waals surface area contributed by atoms with Crippen LogP contribution in [0.25, 0.3) is 0 Å². The van der Waals surface area contributed by atoms with Crippen LogP contribution in [0.2, 0.25) is 5.02 Å². The number of halogens is 1. The Balaban J connectivity index is 2.47. The lowest BCUT2D eigenvalue weighted by molar-refractivity contribution is -0.135. The Morgan fingerprint density at radius 1 is 1.53 bits per heavy atom. The second kappa shape index (κ2) is 6.44. The Morgan fingerprint density at radius 3 is 2.76 bits per heavy atom. The smallest absolute Gasteiger partial charge is 0.262 e. The van der Waals surface area contributed by atoms with Crippen LogP contribution in [0.15, 0.2) is 18.2 Å². The Hall–Kier alpha value is -1.30. The molecule has 0 aliphatic carbocycles. The largest absolute Gasteiger partial charge is 0.495 e. The summed E-state index contributed by atoms with van der Waals surface area (Å²) in [6.07, 6.45) is 0. The van der Waals surface area contributed by atoms with Crippen LogP contribution in [-0.2, 0) is 16.1 Å². The lowest BCUT2D eigenvalue weighted by Crippen LogP contribution is -2.35. The van der Waals surface area contributed by atoms with E-state index in [9.17, 15) is 4.79 Å². The molecule has 0 heterocycles. The quantitative estimate of drug-likeness (QED) is 0.490. The van der Waals surface area contributed by atoms with E-state index in [-0.39, 0.29) is 12.5 Å². The highest BCUT2D eigenvalue weighted by molar-refractivity contribution is 6.32. The molecule has 1 aromatic rings. The van der Waals surface area contributed by atoms with Crippen LogP contribution in [0.1, 0.15) is 5.56 Å². The Labute approximate surface area is 105 Å². The summed E-state index contributed by atoms with van der Waals surface area (Å²) in [5.74, 6) is 5.56. The molecule has 94 valence electrons. The summed E-state index contributed by atoms with van der Waals surface area (Å²) in [6, 6.07) is 5.30. The van der Waals surface area contributed by atoms with Crippen molar-refractivity contribution in [3.63, 3.8) is 0 Å². The number of amides is 1. The molecule has 0 radical (unpaired) electrons. The summed E-state index contributed by atoms with van der Waals surface area (Å²) in [4.78, 5) is 11.1. The van der Waals surface area contributed by atoms with E-state index in [0.717, 1.165) is 10.6 Å². The number of carbonyl (C=O) groups is 1. The van der Waals surface area contributed by atoms with Crippen molar-refractivity contribution in [3.05, 3.63) is 28.8 Å². The van der Waals surface area contributed by atoms with Gasteiger partial charge in [-0.05, 0) is 17.7 Å². The molecule has 0 spiro atoms. The molecule has 0 saturated carbocycles. The number of likely N-dealkylation sites (N-methyl/N-ethyl adjacent to an activating group) is 1. The third-order valence-electron chi connectivity index (χ3n) is 2.10. The number of rotatable bonds is 5. The average Bonchev–Trinajstić information content (AvgIpc) is 2.29. The normalized spacial score (nSPS) is 10.1. The minimum atomic E-state index is -0.287. The maximum atomic E-state index is 11.1. The molecule has 1 rings (SSSR count). The van der Waals surface area contributed by atoms with Crippen molar-refractivity contribution in [2.75, 3.05) is 20.8 Å². The van der Waals surface area contributed by atoms with E-state index in [1.54, 1.807) is 19.2 Å². The predicted molar refractivity (Wildman–Crippen MR) is 64.6 cm³/mol. The van der Waals surface area contributed by atoms with E-state index in [0.29, 0.717) is 17.4 Å². The highest BCUT2D eigenvalue weighted by Gasteiger charge is 2.05. The molecule has 0 aromatic heterocycles. The standard InChI is InChI=1S/C11H15ClN2O3/c1-14(13)11(15)7-17-6-8-3-4-10(16-2)9(12)5-8/h3-5H,6-7,13H2,1-2H3. The first-order chi connectivity index (χ1) is 8.04. The van der Waals surface area contributed by atoms with Crippen molar-refractivity contribution in [3.8, 4) is 5.75 Å². The number of hydrogen-bond acceptors (Lipinski definition) is 4. The summed E-state index contributed by atoms with van der Waals surface area (Å²) >= 11 is 5.95. The van der Waals surface area contributed by atoms with Gasteiger partial charge in [0.15, 0.2) is 0 Å². The van der Waals surface area contributed by atoms with Crippen LogP contribution in [0.4, 0.5) is 0 Å². The molecule has 1 aromatic carbocycles. The Kier molecular flexibility index (Phi) is 5.21. The zero-order valence-electron chi connectivity index (χ0n) is 9.77. The third kappa shape index (κ3) is 4.22. The van der Waals surface area contributed by atoms with E-state index >= 15 is 0 Å². The van der Waals surface area contributed by atoms with E-state index < -0.39 is 0 Å². The molecule has 6 heteroatoms. The monoisotopic (exact) mass is 258 g/mol. The average molecular weight is 259 g/mol. The number of ether oxygens (including phenoxy) is 2. The molecule has 1 amide bonds. The van der Waals surface area contributed by atoms with Gasteiger partial charge in [-0.15, -0.1) is 0 Å². The van der Waals surface area contributed by atoms with Gasteiger partial charge in [0.2, 0.25) is 0 Å². The predicted octanol–water partition coefficient (Wildman–Crippen LogP) is 1.20. The highest BCUT2D eigenvalue weighted by atomic mass is 35.5. The zero-order valence-corrected chi connectivity index (χ0v) is 10.5. The maximum Gasteiger partial charge on any atom is 0.262 e. The molecule has 0 saturated heterocycles. The fourth-order valence-corrected chi connectivity index (χ4v) is 1.44. The molecule has 17 heavy (non-hydrogen) atoms. The molecule has 0 aliphatic heterocycles. The molecular formula is C11H15ClN2O3. The van der Waals surface area contributed by atoms with Crippen molar-refractivity contribution < 1.29 is 14.3 Å². The van der Waals surface area contributed by atoms with Gasteiger partial charge < -0.3 is 9.47 Å². The topological polar surface area (TPSA) is 64.8 Å². The maximum absolute atomic E-state index is 11.1. The Bertz CT molecular complexity index is 396. The highest BCUT2D eigenvalue weighted by Crippen LogP contribution is 2.25. The van der Waals surface area contributed by atoms with Gasteiger partial charge in [-0.1, -0.05) is 17.7 Å². The van der Waals surface area contributed by atoms with Crippen molar-refractivity contribution in [2.24, 2.45) is 5.84 Å². The summed E-state index contributed by atoms with van der Waals surface area (Å²) in [6.45, 7) is 0.236.